The number of carbonyl (C=O) groups excluding carboxylic acids is 3. The molecule has 0 atom stereocenters. The normalized spacial score (nSPS) is 13.8. The number of rotatable bonds is 15. The lowest BCUT2D eigenvalue weighted by molar-refractivity contribution is -0.156. The van der Waals surface area contributed by atoms with Crippen molar-refractivity contribution >= 4 is 26.2 Å². The monoisotopic (exact) mass is 601 g/mol. The Kier molecular flexibility index (Phi) is 14.8. The molecule has 0 saturated heterocycles. The quantitative estimate of drug-likeness (QED) is 0.0828. The molecule has 0 saturated carbocycles. The topological polar surface area (TPSA) is 91.4 Å². The minimum atomic E-state index is -1.88. The Hall–Kier alpha value is -1.45. The van der Waals surface area contributed by atoms with Crippen molar-refractivity contribution in [3.63, 3.8) is 0 Å². The number of esters is 3. The first-order chi connectivity index (χ1) is 18.2. The lowest BCUT2D eigenvalue weighted by atomic mass is 9.82. The van der Waals surface area contributed by atoms with Gasteiger partial charge in [-0.25, -0.2) is 0 Å². The molecular formula is C32H63NO7Si. The van der Waals surface area contributed by atoms with Gasteiger partial charge in [0.1, 0.15) is 16.8 Å². The first kappa shape index (κ1) is 39.5. The highest BCUT2D eigenvalue weighted by molar-refractivity contribution is 6.74. The highest BCUT2D eigenvalue weighted by Crippen LogP contribution is 2.37. The van der Waals surface area contributed by atoms with Crippen LogP contribution in [-0.4, -0.2) is 73.7 Å². The third-order valence-corrected chi connectivity index (χ3v) is 11.9. The number of hydrogen-bond acceptors (Lipinski definition) is 8. The van der Waals surface area contributed by atoms with Crippen LogP contribution < -0.4 is 0 Å². The largest absolute Gasteiger partial charge is 0.460 e. The van der Waals surface area contributed by atoms with Crippen molar-refractivity contribution < 1.29 is 33.0 Å². The van der Waals surface area contributed by atoms with Crippen molar-refractivity contribution in [3.05, 3.63) is 0 Å². The van der Waals surface area contributed by atoms with E-state index in [1.807, 2.05) is 69.4 Å². The number of carbonyl (C=O) groups is 3. The summed E-state index contributed by atoms with van der Waals surface area (Å²) >= 11 is 0. The predicted molar refractivity (Wildman–Crippen MR) is 168 cm³/mol. The highest BCUT2D eigenvalue weighted by atomic mass is 28.4. The number of ether oxygens (including phenoxy) is 3. The van der Waals surface area contributed by atoms with E-state index in [4.69, 9.17) is 18.6 Å². The summed E-state index contributed by atoms with van der Waals surface area (Å²) in [5.41, 5.74) is -2.42. The van der Waals surface area contributed by atoms with Gasteiger partial charge in [-0.3, -0.25) is 14.4 Å². The molecule has 0 aliphatic carbocycles. The fourth-order valence-electron chi connectivity index (χ4n) is 4.21. The maximum Gasteiger partial charge on any atom is 0.306 e. The minimum absolute atomic E-state index is 0.122. The van der Waals surface area contributed by atoms with E-state index in [1.165, 1.54) is 0 Å². The van der Waals surface area contributed by atoms with E-state index >= 15 is 0 Å². The van der Waals surface area contributed by atoms with Crippen molar-refractivity contribution in [2.24, 2.45) is 0 Å². The molecule has 41 heavy (non-hydrogen) atoms. The van der Waals surface area contributed by atoms with Gasteiger partial charge in [-0.1, -0.05) is 20.8 Å². The number of nitrogens with zero attached hydrogens (tertiary/aromatic N) is 1. The van der Waals surface area contributed by atoms with E-state index in [2.05, 4.69) is 38.8 Å². The van der Waals surface area contributed by atoms with E-state index in [0.717, 1.165) is 6.42 Å². The zero-order chi connectivity index (χ0) is 32.5. The third kappa shape index (κ3) is 17.3. The van der Waals surface area contributed by atoms with Crippen LogP contribution in [0, 0.1) is 0 Å². The molecule has 0 aromatic rings. The average molecular weight is 602 g/mol. The van der Waals surface area contributed by atoms with Crippen LogP contribution in [-0.2, 0) is 33.0 Å². The van der Waals surface area contributed by atoms with Gasteiger partial charge in [-0.05, 0) is 113 Å². The van der Waals surface area contributed by atoms with Crippen LogP contribution in [0.15, 0.2) is 0 Å². The fraction of sp³-hybridized carbons (Fsp3) is 0.906. The molecule has 0 amide bonds. The molecule has 242 valence electrons. The SMILES string of the molecule is CN(CCCO[Si](C)(C)C(C)(C)C)C(CCC(=O)OC(C)(C)C)(CCC(=O)OC(C)(C)C)CCC(=O)OC(C)(C)C. The second-order valence-electron chi connectivity index (χ2n) is 15.9. The molecule has 0 bridgehead atoms. The second-order valence-corrected chi connectivity index (χ2v) is 20.7. The van der Waals surface area contributed by atoms with Crippen LogP contribution in [0.25, 0.3) is 0 Å². The van der Waals surface area contributed by atoms with E-state index in [-0.39, 0.29) is 42.2 Å². The van der Waals surface area contributed by atoms with Gasteiger partial charge < -0.3 is 23.5 Å². The van der Waals surface area contributed by atoms with Gasteiger partial charge in [0, 0.05) is 38.0 Å². The standard InChI is InChI=1S/C32H63NO7Si/c1-28(2,3)38-25(34)17-20-32(21-18-26(35)39-29(4,5)6,22-19-27(36)40-30(7,8)9)33(13)23-16-24-37-41(14,15)31(10,11)12/h16-24H2,1-15H3. The molecule has 0 aromatic heterocycles. The summed E-state index contributed by atoms with van der Waals surface area (Å²) in [7, 11) is 0.122. The Morgan fingerprint density at radius 2 is 0.927 bits per heavy atom. The second kappa shape index (κ2) is 15.3. The lowest BCUT2D eigenvalue weighted by Gasteiger charge is -2.43. The molecule has 8 nitrogen and oxygen atoms in total. The van der Waals surface area contributed by atoms with Crippen molar-refractivity contribution in [3.8, 4) is 0 Å². The third-order valence-electron chi connectivity index (χ3n) is 7.36. The summed E-state index contributed by atoms with van der Waals surface area (Å²) in [6.07, 6.45) is 2.61. The molecule has 0 N–H and O–H groups in total. The Balaban J connectivity index is 6.02. The van der Waals surface area contributed by atoms with Gasteiger partial charge in [0.2, 0.25) is 0 Å². The van der Waals surface area contributed by atoms with Gasteiger partial charge in [0.05, 0.1) is 0 Å². The summed E-state index contributed by atoms with van der Waals surface area (Å²) in [6.45, 7) is 29.1. The van der Waals surface area contributed by atoms with Gasteiger partial charge in [-0.15, -0.1) is 0 Å². The van der Waals surface area contributed by atoms with Gasteiger partial charge in [-0.2, -0.15) is 0 Å². The Bertz CT molecular complexity index is 763. The Labute approximate surface area is 252 Å². The van der Waals surface area contributed by atoms with Gasteiger partial charge >= 0.3 is 17.9 Å². The first-order valence-electron chi connectivity index (χ1n) is 15.2. The smallest absolute Gasteiger partial charge is 0.306 e. The van der Waals surface area contributed by atoms with Crippen LogP contribution in [0.4, 0.5) is 0 Å². The minimum Gasteiger partial charge on any atom is -0.460 e. The van der Waals surface area contributed by atoms with E-state index in [0.29, 0.717) is 32.4 Å². The highest BCUT2D eigenvalue weighted by Gasteiger charge is 2.39. The summed E-state index contributed by atoms with van der Waals surface area (Å²) in [6, 6.07) is 0. The van der Waals surface area contributed by atoms with Crippen molar-refractivity contribution in [1.82, 2.24) is 4.90 Å². The number of hydrogen-bond donors (Lipinski definition) is 0. The maximum atomic E-state index is 12.8. The van der Waals surface area contributed by atoms with Crippen LogP contribution in [0.5, 0.6) is 0 Å². The molecule has 0 rings (SSSR count). The zero-order valence-corrected chi connectivity index (χ0v) is 30.2. The summed E-state index contributed by atoms with van der Waals surface area (Å²) in [5.74, 6) is -0.900. The first-order valence-corrected chi connectivity index (χ1v) is 18.1. The lowest BCUT2D eigenvalue weighted by Crippen LogP contribution is -2.49. The molecule has 0 aliphatic heterocycles. The molecule has 0 heterocycles. The van der Waals surface area contributed by atoms with Crippen LogP contribution >= 0.6 is 0 Å². The van der Waals surface area contributed by atoms with E-state index in [9.17, 15) is 14.4 Å². The van der Waals surface area contributed by atoms with Gasteiger partial charge in [0.25, 0.3) is 0 Å². The Morgan fingerprint density at radius 3 is 1.20 bits per heavy atom. The van der Waals surface area contributed by atoms with Gasteiger partial charge in [0.15, 0.2) is 8.32 Å². The van der Waals surface area contributed by atoms with Crippen molar-refractivity contribution in [2.45, 2.75) is 169 Å². The zero-order valence-electron chi connectivity index (χ0n) is 29.2. The molecule has 0 aromatic carbocycles. The van der Waals surface area contributed by atoms with Crippen LogP contribution in [0.3, 0.4) is 0 Å². The molecule has 0 spiro atoms. The molecule has 0 unspecified atom stereocenters. The molecule has 0 fully saturated rings. The molecule has 0 aliphatic rings. The summed E-state index contributed by atoms with van der Waals surface area (Å²) in [4.78, 5) is 40.6. The molecule has 9 heteroatoms. The maximum absolute atomic E-state index is 12.8. The molecule has 0 radical (unpaired) electrons. The van der Waals surface area contributed by atoms with Crippen molar-refractivity contribution in [1.29, 1.82) is 0 Å². The molecular weight excluding hydrogens is 538 g/mol. The van der Waals surface area contributed by atoms with Crippen LogP contribution in [0.2, 0.25) is 18.1 Å². The summed E-state index contributed by atoms with van der Waals surface area (Å²) < 4.78 is 23.2. The summed E-state index contributed by atoms with van der Waals surface area (Å²) in [5, 5.41) is 0.122. The average Bonchev–Trinajstić information content (AvgIpc) is 2.72. The van der Waals surface area contributed by atoms with Crippen molar-refractivity contribution in [2.75, 3.05) is 20.2 Å². The predicted octanol–water partition coefficient (Wildman–Crippen LogP) is 7.43. The Morgan fingerprint density at radius 1 is 0.610 bits per heavy atom. The fourth-order valence-corrected chi connectivity index (χ4v) is 5.30. The van der Waals surface area contributed by atoms with Crippen LogP contribution in [0.1, 0.15) is 128 Å². The van der Waals surface area contributed by atoms with E-state index < -0.39 is 30.7 Å². The van der Waals surface area contributed by atoms with E-state index in [1.54, 1.807) is 0 Å².